The Labute approximate surface area is 152 Å². The van der Waals surface area contributed by atoms with Gasteiger partial charge in [-0.15, -0.1) is 11.3 Å². The molecule has 0 spiro atoms. The van der Waals surface area contributed by atoms with Crippen molar-refractivity contribution < 1.29 is 9.53 Å². The number of anilines is 2. The van der Waals surface area contributed by atoms with Gasteiger partial charge in [0, 0.05) is 37.8 Å². The molecule has 0 atom stereocenters. The summed E-state index contributed by atoms with van der Waals surface area (Å²) in [6, 6.07) is 7.58. The minimum Gasteiger partial charge on any atom is -0.491 e. The molecule has 25 heavy (non-hydrogen) atoms. The van der Waals surface area contributed by atoms with Gasteiger partial charge in [0.1, 0.15) is 5.75 Å². The predicted octanol–water partition coefficient (Wildman–Crippen LogP) is 2.69. The van der Waals surface area contributed by atoms with Crippen LogP contribution < -0.4 is 15.0 Å². The number of thiazole rings is 1. The molecule has 0 unspecified atom stereocenters. The summed E-state index contributed by atoms with van der Waals surface area (Å²) in [5.74, 6) is 0.724. The third kappa shape index (κ3) is 4.93. The molecule has 1 aromatic carbocycles. The summed E-state index contributed by atoms with van der Waals surface area (Å²) in [4.78, 5) is 21.2. The summed E-state index contributed by atoms with van der Waals surface area (Å²) >= 11 is 1.66. The number of rotatable bonds is 7. The Morgan fingerprint density at radius 1 is 1.28 bits per heavy atom. The maximum Gasteiger partial charge on any atom is 0.238 e. The Morgan fingerprint density at radius 2 is 2.08 bits per heavy atom. The highest BCUT2D eigenvalue weighted by atomic mass is 32.1. The first-order valence-corrected chi connectivity index (χ1v) is 9.52. The molecule has 1 aliphatic rings. The predicted molar refractivity (Wildman–Crippen MR) is 102 cm³/mol. The maximum absolute atomic E-state index is 12.4. The molecule has 0 aliphatic carbocycles. The van der Waals surface area contributed by atoms with Crippen LogP contribution in [0.4, 0.5) is 10.8 Å². The molecule has 1 amide bonds. The minimum atomic E-state index is -0.00440. The van der Waals surface area contributed by atoms with E-state index in [2.05, 4.69) is 27.0 Å². The van der Waals surface area contributed by atoms with E-state index in [1.54, 1.807) is 11.3 Å². The monoisotopic (exact) mass is 360 g/mol. The highest BCUT2D eigenvalue weighted by Gasteiger charge is 2.20. The minimum absolute atomic E-state index is 0.00440. The number of hydrogen-bond acceptors (Lipinski definition) is 6. The molecule has 0 bridgehead atoms. The number of hydrogen-bond donors (Lipinski definition) is 1. The quantitative estimate of drug-likeness (QED) is 0.823. The van der Waals surface area contributed by atoms with Gasteiger partial charge in [-0.2, -0.15) is 0 Å². The number of carbonyl (C=O) groups is 1. The van der Waals surface area contributed by atoms with Crippen LogP contribution in [-0.4, -0.2) is 55.1 Å². The second kappa shape index (κ2) is 8.82. The van der Waals surface area contributed by atoms with E-state index in [9.17, 15) is 4.79 Å². The average molecular weight is 360 g/mol. The van der Waals surface area contributed by atoms with Gasteiger partial charge in [0.05, 0.1) is 18.8 Å². The van der Waals surface area contributed by atoms with Crippen molar-refractivity contribution in [1.82, 2.24) is 9.88 Å². The molecule has 1 N–H and O–H groups in total. The van der Waals surface area contributed by atoms with Gasteiger partial charge in [0.15, 0.2) is 5.13 Å². The zero-order valence-electron chi connectivity index (χ0n) is 14.5. The molecule has 7 heteroatoms. The zero-order valence-corrected chi connectivity index (χ0v) is 15.3. The number of nitrogens with one attached hydrogen (secondary N) is 1. The number of amides is 1. The number of para-hydroxylation sites is 2. The Bertz CT molecular complexity index is 669. The first kappa shape index (κ1) is 17.7. The van der Waals surface area contributed by atoms with Crippen LogP contribution in [0.5, 0.6) is 5.75 Å². The summed E-state index contributed by atoms with van der Waals surface area (Å²) in [6.07, 6.45) is 2.77. The summed E-state index contributed by atoms with van der Waals surface area (Å²) in [6.45, 7) is 6.63. The zero-order chi connectivity index (χ0) is 17.5. The normalized spacial score (nSPS) is 15.2. The molecule has 1 aliphatic heterocycles. The molecule has 1 saturated heterocycles. The van der Waals surface area contributed by atoms with E-state index in [0.717, 1.165) is 49.2 Å². The second-order valence-electron chi connectivity index (χ2n) is 5.97. The van der Waals surface area contributed by atoms with Crippen molar-refractivity contribution in [2.24, 2.45) is 0 Å². The fourth-order valence-electron chi connectivity index (χ4n) is 2.77. The van der Waals surface area contributed by atoms with E-state index in [-0.39, 0.29) is 5.91 Å². The first-order chi connectivity index (χ1) is 12.3. The van der Waals surface area contributed by atoms with E-state index >= 15 is 0 Å². The van der Waals surface area contributed by atoms with Gasteiger partial charge in [-0.1, -0.05) is 19.1 Å². The lowest BCUT2D eigenvalue weighted by molar-refractivity contribution is -0.117. The van der Waals surface area contributed by atoms with Crippen LogP contribution in [0.25, 0.3) is 0 Å². The van der Waals surface area contributed by atoms with Crippen LogP contribution in [0.3, 0.4) is 0 Å². The van der Waals surface area contributed by atoms with Gasteiger partial charge in [0.2, 0.25) is 5.91 Å². The van der Waals surface area contributed by atoms with Crippen LogP contribution in [0, 0.1) is 0 Å². The third-order valence-electron chi connectivity index (χ3n) is 4.05. The molecular weight excluding hydrogens is 336 g/mol. The van der Waals surface area contributed by atoms with Gasteiger partial charge in [0.25, 0.3) is 0 Å². The highest BCUT2D eigenvalue weighted by molar-refractivity contribution is 7.13. The molecule has 134 valence electrons. The van der Waals surface area contributed by atoms with Gasteiger partial charge < -0.3 is 15.0 Å². The second-order valence-corrected chi connectivity index (χ2v) is 6.84. The maximum atomic E-state index is 12.4. The van der Waals surface area contributed by atoms with E-state index in [1.165, 1.54) is 0 Å². The largest absolute Gasteiger partial charge is 0.491 e. The number of carbonyl (C=O) groups excluding carboxylic acids is 1. The van der Waals surface area contributed by atoms with E-state index < -0.39 is 0 Å². The fourth-order valence-corrected chi connectivity index (χ4v) is 3.47. The molecule has 1 fully saturated rings. The van der Waals surface area contributed by atoms with Crippen LogP contribution in [-0.2, 0) is 4.79 Å². The van der Waals surface area contributed by atoms with E-state index in [0.29, 0.717) is 13.2 Å². The Hall–Kier alpha value is -2.12. The van der Waals surface area contributed by atoms with Crippen molar-refractivity contribution in [1.29, 1.82) is 0 Å². The van der Waals surface area contributed by atoms with Crippen molar-refractivity contribution in [3.05, 3.63) is 35.8 Å². The molecule has 2 heterocycles. The molecule has 0 radical (unpaired) electrons. The standard InChI is InChI=1S/C18H24N4O2S/c1-2-12-24-16-6-4-3-5-15(16)20-17(23)14-21-8-10-22(11-9-21)18-19-7-13-25-18/h3-7,13H,2,8-12,14H2,1H3,(H,20,23). The van der Waals surface area contributed by atoms with Crippen molar-refractivity contribution in [3.63, 3.8) is 0 Å². The molecular formula is C18H24N4O2S. The number of nitrogens with zero attached hydrogens (tertiary/aromatic N) is 3. The highest BCUT2D eigenvalue weighted by Crippen LogP contribution is 2.24. The van der Waals surface area contributed by atoms with Gasteiger partial charge in [-0.3, -0.25) is 9.69 Å². The number of piperazine rings is 1. The van der Waals surface area contributed by atoms with Crippen LogP contribution in [0.1, 0.15) is 13.3 Å². The van der Waals surface area contributed by atoms with Crippen molar-refractivity contribution >= 4 is 28.1 Å². The molecule has 2 aromatic rings. The summed E-state index contributed by atoms with van der Waals surface area (Å²) in [7, 11) is 0. The molecule has 0 saturated carbocycles. The Kier molecular flexibility index (Phi) is 6.25. The number of benzene rings is 1. The van der Waals surface area contributed by atoms with Crippen LogP contribution in [0.15, 0.2) is 35.8 Å². The number of aromatic nitrogens is 1. The van der Waals surface area contributed by atoms with Gasteiger partial charge >= 0.3 is 0 Å². The van der Waals surface area contributed by atoms with Crippen LogP contribution in [0.2, 0.25) is 0 Å². The molecule has 6 nitrogen and oxygen atoms in total. The smallest absolute Gasteiger partial charge is 0.238 e. The SMILES string of the molecule is CCCOc1ccccc1NC(=O)CN1CCN(c2nccs2)CC1. The summed E-state index contributed by atoms with van der Waals surface area (Å²) < 4.78 is 5.69. The number of ether oxygens (including phenoxy) is 1. The van der Waals surface area contributed by atoms with Crippen LogP contribution >= 0.6 is 11.3 Å². The first-order valence-electron chi connectivity index (χ1n) is 8.64. The topological polar surface area (TPSA) is 57.7 Å². The fraction of sp³-hybridized carbons (Fsp3) is 0.444. The lowest BCUT2D eigenvalue weighted by Gasteiger charge is -2.34. The van der Waals surface area contributed by atoms with E-state index in [1.807, 2.05) is 35.8 Å². The van der Waals surface area contributed by atoms with Crippen molar-refractivity contribution in [3.8, 4) is 5.75 Å². The summed E-state index contributed by atoms with van der Waals surface area (Å²) in [5, 5.41) is 6.03. The Morgan fingerprint density at radius 3 is 2.80 bits per heavy atom. The van der Waals surface area contributed by atoms with Crippen molar-refractivity contribution in [2.75, 3.05) is 49.5 Å². The lowest BCUT2D eigenvalue weighted by atomic mass is 10.2. The van der Waals surface area contributed by atoms with E-state index in [4.69, 9.17) is 4.74 Å². The van der Waals surface area contributed by atoms with Crippen molar-refractivity contribution in [2.45, 2.75) is 13.3 Å². The lowest BCUT2D eigenvalue weighted by Crippen LogP contribution is -2.48. The molecule has 1 aromatic heterocycles. The summed E-state index contributed by atoms with van der Waals surface area (Å²) in [5.41, 5.74) is 0.738. The Balaban J connectivity index is 1.49. The van der Waals surface area contributed by atoms with Gasteiger partial charge in [-0.05, 0) is 18.6 Å². The molecule has 3 rings (SSSR count). The average Bonchev–Trinajstić information content (AvgIpc) is 3.16. The van der Waals surface area contributed by atoms with Gasteiger partial charge in [-0.25, -0.2) is 4.98 Å². The third-order valence-corrected chi connectivity index (χ3v) is 4.88.